The molecule has 0 saturated carbocycles. The molecular formula is C18H15BrClF3N6O2. The molecule has 1 aromatic carbocycles. The quantitative estimate of drug-likeness (QED) is 0.386. The molecule has 2 aromatic heterocycles. The van der Waals surface area contributed by atoms with Gasteiger partial charge in [-0.1, -0.05) is 11.6 Å². The molecule has 1 fully saturated rings. The molecule has 4 rings (SSSR count). The molecule has 1 atom stereocenters. The number of imidazole rings is 1. The summed E-state index contributed by atoms with van der Waals surface area (Å²) in [5.41, 5.74) is -0.255. The molecule has 0 radical (unpaired) electrons. The van der Waals surface area contributed by atoms with Crippen LogP contribution in [0.3, 0.4) is 0 Å². The van der Waals surface area contributed by atoms with Gasteiger partial charge in [0, 0.05) is 36.2 Å². The Kier molecular flexibility index (Phi) is 5.46. The van der Waals surface area contributed by atoms with Gasteiger partial charge in [0.05, 0.1) is 21.0 Å². The van der Waals surface area contributed by atoms with Gasteiger partial charge in [-0.05, 0) is 35.0 Å². The molecule has 13 heteroatoms. The number of halogens is 5. The molecule has 8 nitrogen and oxygen atoms in total. The summed E-state index contributed by atoms with van der Waals surface area (Å²) in [5, 5.41) is 11.1. The Bertz CT molecular complexity index is 1170. The number of fused-ring (bicyclic) bond motifs is 1. The number of hydrogen-bond donors (Lipinski definition) is 1. The van der Waals surface area contributed by atoms with E-state index in [1.807, 2.05) is 16.7 Å². The number of hydrogen-bond acceptors (Lipinski definition) is 6. The van der Waals surface area contributed by atoms with Crippen LogP contribution in [0.15, 0.2) is 28.9 Å². The maximum Gasteiger partial charge on any atom is 0.416 e. The second kappa shape index (κ2) is 7.83. The number of rotatable bonds is 3. The van der Waals surface area contributed by atoms with Crippen molar-refractivity contribution in [3.05, 3.63) is 49.6 Å². The van der Waals surface area contributed by atoms with Crippen LogP contribution in [0, 0.1) is 10.1 Å². The lowest BCUT2D eigenvalue weighted by molar-refractivity contribution is -0.385. The van der Waals surface area contributed by atoms with Crippen molar-refractivity contribution in [3.8, 4) is 0 Å². The standard InChI is InChI=1S/C18H15BrClF3N6O2/c1-9-8-27(16-13(20)6-11(7-24-16)29(30)31)2-3-28(9)17-25-14-5-10(18(21,22)23)4-12(19)15(14)26-17/h4-7,9H,2-3,8H2,1H3,(H,25,26)/t9-/m1/s1. The Balaban J connectivity index is 1.57. The molecule has 3 heterocycles. The molecular weight excluding hydrogens is 505 g/mol. The second-order valence-electron chi connectivity index (χ2n) is 7.16. The molecule has 1 N–H and O–H groups in total. The molecule has 164 valence electrons. The monoisotopic (exact) mass is 518 g/mol. The van der Waals surface area contributed by atoms with Crippen LogP contribution in [0.5, 0.6) is 0 Å². The average Bonchev–Trinajstić information content (AvgIpc) is 3.11. The number of nitro groups is 1. The molecule has 1 saturated heterocycles. The number of nitrogens with zero attached hydrogens (tertiary/aromatic N) is 5. The van der Waals surface area contributed by atoms with E-state index in [1.54, 1.807) is 0 Å². The van der Waals surface area contributed by atoms with Gasteiger partial charge in [0.2, 0.25) is 5.95 Å². The van der Waals surface area contributed by atoms with Gasteiger partial charge in [0.15, 0.2) is 0 Å². The third kappa shape index (κ3) is 4.13. The van der Waals surface area contributed by atoms with E-state index in [0.29, 0.717) is 36.9 Å². The minimum atomic E-state index is -4.46. The summed E-state index contributed by atoms with van der Waals surface area (Å²) in [6, 6.07) is 3.23. The Morgan fingerprint density at radius 3 is 2.68 bits per heavy atom. The first kappa shape index (κ1) is 21.6. The highest BCUT2D eigenvalue weighted by Gasteiger charge is 2.33. The summed E-state index contributed by atoms with van der Waals surface area (Å²) in [5.74, 6) is 0.908. The van der Waals surface area contributed by atoms with Crippen molar-refractivity contribution in [2.75, 3.05) is 29.4 Å². The second-order valence-corrected chi connectivity index (χ2v) is 8.42. The number of nitrogens with one attached hydrogen (secondary N) is 1. The zero-order valence-corrected chi connectivity index (χ0v) is 18.3. The van der Waals surface area contributed by atoms with Crippen molar-refractivity contribution in [2.24, 2.45) is 0 Å². The van der Waals surface area contributed by atoms with Crippen LogP contribution in [0.25, 0.3) is 11.0 Å². The van der Waals surface area contributed by atoms with E-state index in [-0.39, 0.29) is 26.7 Å². The number of piperazine rings is 1. The Labute approximate surface area is 187 Å². The molecule has 31 heavy (non-hydrogen) atoms. The van der Waals surface area contributed by atoms with Crippen molar-refractivity contribution in [1.29, 1.82) is 0 Å². The van der Waals surface area contributed by atoms with Crippen LogP contribution in [0.1, 0.15) is 12.5 Å². The molecule has 1 aliphatic rings. The number of anilines is 2. The SMILES string of the molecule is C[C@@H]1CN(c2ncc([N+](=O)[O-])cc2Cl)CCN1c1nc2c(Br)cc(C(F)(F)F)cc2[nH]1. The first-order valence-electron chi connectivity index (χ1n) is 9.12. The average molecular weight is 520 g/mol. The molecule has 0 amide bonds. The number of H-pyrrole nitrogens is 1. The minimum Gasteiger partial charge on any atom is -0.352 e. The largest absolute Gasteiger partial charge is 0.416 e. The van der Waals surface area contributed by atoms with E-state index in [2.05, 4.69) is 30.9 Å². The highest BCUT2D eigenvalue weighted by atomic mass is 79.9. The van der Waals surface area contributed by atoms with Gasteiger partial charge in [-0.15, -0.1) is 0 Å². The Hall–Kier alpha value is -2.60. The van der Waals surface area contributed by atoms with Gasteiger partial charge in [0.25, 0.3) is 5.69 Å². The molecule has 0 spiro atoms. The van der Waals surface area contributed by atoms with E-state index in [1.165, 1.54) is 6.07 Å². The van der Waals surface area contributed by atoms with Gasteiger partial charge in [-0.2, -0.15) is 13.2 Å². The van der Waals surface area contributed by atoms with Crippen molar-refractivity contribution in [1.82, 2.24) is 15.0 Å². The van der Waals surface area contributed by atoms with Crippen LogP contribution in [-0.2, 0) is 6.18 Å². The molecule has 0 bridgehead atoms. The van der Waals surface area contributed by atoms with Crippen LogP contribution >= 0.6 is 27.5 Å². The van der Waals surface area contributed by atoms with Gasteiger partial charge < -0.3 is 14.8 Å². The van der Waals surface area contributed by atoms with E-state index < -0.39 is 16.7 Å². The lowest BCUT2D eigenvalue weighted by atomic mass is 10.2. The van der Waals surface area contributed by atoms with Gasteiger partial charge in [-0.25, -0.2) is 9.97 Å². The van der Waals surface area contributed by atoms with Gasteiger partial charge in [-0.3, -0.25) is 10.1 Å². The lowest BCUT2D eigenvalue weighted by Crippen LogP contribution is -2.52. The van der Waals surface area contributed by atoms with E-state index >= 15 is 0 Å². The number of aromatic nitrogens is 3. The summed E-state index contributed by atoms with van der Waals surface area (Å²) >= 11 is 9.37. The Morgan fingerprint density at radius 1 is 1.32 bits per heavy atom. The van der Waals surface area contributed by atoms with E-state index in [4.69, 9.17) is 11.6 Å². The molecule has 0 aliphatic carbocycles. The summed E-state index contributed by atoms with van der Waals surface area (Å²) in [6.45, 7) is 3.44. The number of pyridine rings is 1. The van der Waals surface area contributed by atoms with Crippen molar-refractivity contribution in [3.63, 3.8) is 0 Å². The summed E-state index contributed by atoms with van der Waals surface area (Å²) in [4.78, 5) is 25.8. The fourth-order valence-electron chi connectivity index (χ4n) is 3.58. The predicted molar refractivity (Wildman–Crippen MR) is 114 cm³/mol. The van der Waals surface area contributed by atoms with Crippen molar-refractivity contribution < 1.29 is 18.1 Å². The van der Waals surface area contributed by atoms with Crippen LogP contribution in [0.2, 0.25) is 5.02 Å². The summed E-state index contributed by atoms with van der Waals surface area (Å²) in [7, 11) is 0. The van der Waals surface area contributed by atoms with Crippen LogP contribution < -0.4 is 9.80 Å². The zero-order valence-electron chi connectivity index (χ0n) is 16.0. The van der Waals surface area contributed by atoms with E-state index in [9.17, 15) is 23.3 Å². The number of alkyl halides is 3. The fourth-order valence-corrected chi connectivity index (χ4v) is 4.41. The first-order chi connectivity index (χ1) is 14.5. The van der Waals surface area contributed by atoms with Crippen molar-refractivity contribution >= 4 is 56.0 Å². The smallest absolute Gasteiger partial charge is 0.352 e. The van der Waals surface area contributed by atoms with Crippen LogP contribution in [0.4, 0.5) is 30.6 Å². The van der Waals surface area contributed by atoms with Gasteiger partial charge >= 0.3 is 6.18 Å². The summed E-state index contributed by atoms with van der Waals surface area (Å²) in [6.07, 6.45) is -3.30. The van der Waals surface area contributed by atoms with E-state index in [0.717, 1.165) is 18.3 Å². The zero-order chi connectivity index (χ0) is 22.5. The van der Waals surface area contributed by atoms with Crippen molar-refractivity contribution in [2.45, 2.75) is 19.1 Å². The minimum absolute atomic E-state index is 0.0803. The maximum atomic E-state index is 13.1. The fraction of sp³-hybridized carbons (Fsp3) is 0.333. The first-order valence-corrected chi connectivity index (χ1v) is 10.3. The maximum absolute atomic E-state index is 13.1. The number of benzene rings is 1. The Morgan fingerprint density at radius 2 is 2.06 bits per heavy atom. The molecule has 3 aromatic rings. The highest BCUT2D eigenvalue weighted by molar-refractivity contribution is 9.10. The lowest BCUT2D eigenvalue weighted by Gasteiger charge is -2.40. The normalized spacial score (nSPS) is 17.4. The van der Waals surface area contributed by atoms with Gasteiger partial charge in [0.1, 0.15) is 17.5 Å². The third-order valence-electron chi connectivity index (χ3n) is 5.07. The third-order valence-corrected chi connectivity index (χ3v) is 5.95. The predicted octanol–water partition coefficient (Wildman–Crippen LogP) is 5.02. The topological polar surface area (TPSA) is 91.2 Å². The highest BCUT2D eigenvalue weighted by Crippen LogP contribution is 2.36. The molecule has 0 unspecified atom stereocenters. The number of aromatic amines is 1. The van der Waals surface area contributed by atoms with Crippen LogP contribution in [-0.4, -0.2) is 45.6 Å². The summed E-state index contributed by atoms with van der Waals surface area (Å²) < 4.78 is 39.6. The molecule has 1 aliphatic heterocycles.